The molecule has 0 bridgehead atoms. The molecule has 0 aromatic rings. The van der Waals surface area contributed by atoms with Crippen LogP contribution in [0.4, 0.5) is 0 Å². The van der Waals surface area contributed by atoms with Crippen LogP contribution in [0.25, 0.3) is 0 Å². The molecule has 1 saturated heterocycles. The summed E-state index contributed by atoms with van der Waals surface area (Å²) in [4.78, 5) is 13.7. The monoisotopic (exact) mass is 228 g/mol. The van der Waals surface area contributed by atoms with Crippen LogP contribution in [0.5, 0.6) is 0 Å². The minimum absolute atomic E-state index is 0.0872. The fraction of sp³-hybridized carbons (Fsp3) is 0.917. The van der Waals surface area contributed by atoms with E-state index in [-0.39, 0.29) is 12.0 Å². The van der Waals surface area contributed by atoms with Gasteiger partial charge in [0, 0.05) is 12.1 Å². The number of nitrogens with zero attached hydrogens (tertiary/aromatic N) is 1. The highest BCUT2D eigenvalue weighted by Gasteiger charge is 2.23. The molecule has 0 saturated carbocycles. The summed E-state index contributed by atoms with van der Waals surface area (Å²) in [5.74, 6) is -0.0872. The van der Waals surface area contributed by atoms with Gasteiger partial charge in [-0.3, -0.25) is 4.79 Å². The summed E-state index contributed by atoms with van der Waals surface area (Å²) in [5.41, 5.74) is 0. The van der Waals surface area contributed by atoms with E-state index in [1.807, 2.05) is 6.92 Å². The standard InChI is InChI=1S/C12H24N2O2/c1-4-16-12(15)9-10(2)14(3)11-5-7-13-8-6-11/h10-11,13H,4-9H2,1-3H3. The molecule has 4 nitrogen and oxygen atoms in total. The Kier molecular flexibility index (Phi) is 5.77. The third kappa shape index (κ3) is 4.10. The Balaban J connectivity index is 2.33. The summed E-state index contributed by atoms with van der Waals surface area (Å²) in [5, 5.41) is 3.35. The van der Waals surface area contributed by atoms with E-state index >= 15 is 0 Å². The van der Waals surface area contributed by atoms with Gasteiger partial charge in [0.1, 0.15) is 0 Å². The molecule has 0 spiro atoms. The number of hydrogen-bond donors (Lipinski definition) is 1. The van der Waals surface area contributed by atoms with Crippen LogP contribution in [0.15, 0.2) is 0 Å². The van der Waals surface area contributed by atoms with E-state index in [9.17, 15) is 4.79 Å². The van der Waals surface area contributed by atoms with Gasteiger partial charge < -0.3 is 15.0 Å². The Bertz CT molecular complexity index is 215. The van der Waals surface area contributed by atoms with Gasteiger partial charge >= 0.3 is 5.97 Å². The molecule has 4 heteroatoms. The summed E-state index contributed by atoms with van der Waals surface area (Å²) < 4.78 is 4.97. The van der Waals surface area contributed by atoms with E-state index < -0.39 is 0 Å². The highest BCUT2D eigenvalue weighted by Crippen LogP contribution is 2.14. The molecule has 1 aliphatic heterocycles. The molecule has 0 aromatic heterocycles. The Morgan fingerprint density at radius 1 is 1.50 bits per heavy atom. The van der Waals surface area contributed by atoms with Crippen LogP contribution in [0, 0.1) is 0 Å². The van der Waals surface area contributed by atoms with Crippen molar-refractivity contribution < 1.29 is 9.53 Å². The number of ether oxygens (including phenoxy) is 1. The van der Waals surface area contributed by atoms with Crippen molar-refractivity contribution >= 4 is 5.97 Å². The Morgan fingerprint density at radius 3 is 2.69 bits per heavy atom. The average Bonchev–Trinajstić information content (AvgIpc) is 2.29. The zero-order valence-corrected chi connectivity index (χ0v) is 10.7. The number of carbonyl (C=O) groups excluding carboxylic acids is 1. The minimum atomic E-state index is -0.0872. The summed E-state index contributed by atoms with van der Waals surface area (Å²) >= 11 is 0. The van der Waals surface area contributed by atoms with Crippen LogP contribution in [-0.2, 0) is 9.53 Å². The van der Waals surface area contributed by atoms with Crippen molar-refractivity contribution in [3.8, 4) is 0 Å². The predicted octanol–water partition coefficient (Wildman–Crippen LogP) is 1.01. The molecule has 1 rings (SSSR count). The Morgan fingerprint density at radius 2 is 2.12 bits per heavy atom. The van der Waals surface area contributed by atoms with Crippen LogP contribution >= 0.6 is 0 Å². The lowest BCUT2D eigenvalue weighted by molar-refractivity contribution is -0.144. The highest BCUT2D eigenvalue weighted by atomic mass is 16.5. The van der Waals surface area contributed by atoms with Gasteiger partial charge in [0.05, 0.1) is 13.0 Å². The summed E-state index contributed by atoms with van der Waals surface area (Å²) in [6, 6.07) is 0.868. The third-order valence-corrected chi connectivity index (χ3v) is 3.35. The summed E-state index contributed by atoms with van der Waals surface area (Å²) in [6.45, 7) is 6.59. The number of nitrogens with one attached hydrogen (secondary N) is 1. The van der Waals surface area contributed by atoms with Crippen LogP contribution in [-0.4, -0.2) is 49.7 Å². The van der Waals surface area contributed by atoms with E-state index in [0.717, 1.165) is 13.1 Å². The van der Waals surface area contributed by atoms with Crippen molar-refractivity contribution in [2.75, 3.05) is 26.7 Å². The number of rotatable bonds is 5. The molecule has 94 valence electrons. The van der Waals surface area contributed by atoms with E-state index in [1.54, 1.807) is 0 Å². The quantitative estimate of drug-likeness (QED) is 0.713. The number of piperidine rings is 1. The van der Waals surface area contributed by atoms with Gasteiger partial charge in [0.25, 0.3) is 0 Å². The second kappa shape index (κ2) is 6.86. The lowest BCUT2D eigenvalue weighted by Crippen LogP contribution is -2.45. The van der Waals surface area contributed by atoms with Gasteiger partial charge in [-0.05, 0) is 46.8 Å². The van der Waals surface area contributed by atoms with Gasteiger partial charge in [-0.15, -0.1) is 0 Å². The molecule has 1 aliphatic rings. The molecule has 0 aromatic carbocycles. The fourth-order valence-corrected chi connectivity index (χ4v) is 2.18. The molecule has 1 heterocycles. The maximum absolute atomic E-state index is 11.4. The second-order valence-corrected chi connectivity index (χ2v) is 4.50. The smallest absolute Gasteiger partial charge is 0.307 e. The second-order valence-electron chi connectivity index (χ2n) is 4.50. The largest absolute Gasteiger partial charge is 0.466 e. The first-order valence-corrected chi connectivity index (χ1v) is 6.23. The molecule has 0 amide bonds. The van der Waals surface area contributed by atoms with E-state index in [0.29, 0.717) is 19.1 Å². The molecular weight excluding hydrogens is 204 g/mol. The highest BCUT2D eigenvalue weighted by molar-refractivity contribution is 5.70. The number of hydrogen-bond acceptors (Lipinski definition) is 4. The lowest BCUT2D eigenvalue weighted by atomic mass is 10.0. The Labute approximate surface area is 98.3 Å². The SMILES string of the molecule is CCOC(=O)CC(C)N(C)C1CCNCC1. The van der Waals surface area contributed by atoms with E-state index in [2.05, 4.69) is 24.2 Å². The van der Waals surface area contributed by atoms with Crippen LogP contribution < -0.4 is 5.32 Å². The summed E-state index contributed by atoms with van der Waals surface area (Å²) in [6.07, 6.45) is 2.83. The van der Waals surface area contributed by atoms with Crippen molar-refractivity contribution in [3.05, 3.63) is 0 Å². The first-order chi connectivity index (χ1) is 7.65. The summed E-state index contributed by atoms with van der Waals surface area (Å²) in [7, 11) is 2.11. The third-order valence-electron chi connectivity index (χ3n) is 3.35. The zero-order chi connectivity index (χ0) is 12.0. The maximum Gasteiger partial charge on any atom is 0.307 e. The predicted molar refractivity (Wildman–Crippen MR) is 64.4 cm³/mol. The number of carbonyl (C=O) groups is 1. The van der Waals surface area contributed by atoms with Crippen LogP contribution in [0.3, 0.4) is 0 Å². The van der Waals surface area contributed by atoms with E-state index in [4.69, 9.17) is 4.74 Å². The maximum atomic E-state index is 11.4. The molecule has 1 unspecified atom stereocenters. The molecule has 1 N–H and O–H groups in total. The Hall–Kier alpha value is -0.610. The van der Waals surface area contributed by atoms with E-state index in [1.165, 1.54) is 12.8 Å². The molecule has 1 fully saturated rings. The van der Waals surface area contributed by atoms with Crippen LogP contribution in [0.2, 0.25) is 0 Å². The van der Waals surface area contributed by atoms with Crippen molar-refractivity contribution in [2.45, 2.75) is 45.2 Å². The van der Waals surface area contributed by atoms with Crippen molar-refractivity contribution in [2.24, 2.45) is 0 Å². The molecule has 0 radical (unpaired) electrons. The first kappa shape index (κ1) is 13.5. The van der Waals surface area contributed by atoms with Crippen LogP contribution in [0.1, 0.15) is 33.1 Å². The van der Waals surface area contributed by atoms with Crippen molar-refractivity contribution in [3.63, 3.8) is 0 Å². The van der Waals surface area contributed by atoms with Crippen molar-refractivity contribution in [1.29, 1.82) is 0 Å². The fourth-order valence-electron chi connectivity index (χ4n) is 2.18. The minimum Gasteiger partial charge on any atom is -0.466 e. The molecule has 0 aliphatic carbocycles. The zero-order valence-electron chi connectivity index (χ0n) is 10.7. The number of esters is 1. The van der Waals surface area contributed by atoms with Gasteiger partial charge in [0.2, 0.25) is 0 Å². The lowest BCUT2D eigenvalue weighted by Gasteiger charge is -2.35. The van der Waals surface area contributed by atoms with Gasteiger partial charge in [-0.25, -0.2) is 0 Å². The van der Waals surface area contributed by atoms with Gasteiger partial charge in [0.15, 0.2) is 0 Å². The average molecular weight is 228 g/mol. The molecule has 16 heavy (non-hydrogen) atoms. The molecular formula is C12H24N2O2. The normalized spacial score (nSPS) is 19.8. The first-order valence-electron chi connectivity index (χ1n) is 6.23. The topological polar surface area (TPSA) is 41.6 Å². The van der Waals surface area contributed by atoms with Crippen molar-refractivity contribution in [1.82, 2.24) is 10.2 Å². The van der Waals surface area contributed by atoms with Gasteiger partial charge in [-0.2, -0.15) is 0 Å². The van der Waals surface area contributed by atoms with Gasteiger partial charge in [-0.1, -0.05) is 0 Å². The molecule has 1 atom stereocenters.